The fourth-order valence-corrected chi connectivity index (χ4v) is 3.77. The molecule has 3 N–H and O–H groups in total. The second-order valence-electron chi connectivity index (χ2n) is 8.09. The number of hydrogen-bond donors (Lipinski definition) is 3. The van der Waals surface area contributed by atoms with E-state index < -0.39 is 0 Å². The largest absolute Gasteiger partial charge is 0.357 e. The van der Waals surface area contributed by atoms with Crippen LogP contribution in [0.15, 0.2) is 4.99 Å². The van der Waals surface area contributed by atoms with Gasteiger partial charge >= 0.3 is 0 Å². The lowest BCUT2D eigenvalue weighted by molar-refractivity contribution is -0.125. The van der Waals surface area contributed by atoms with E-state index in [-0.39, 0.29) is 35.8 Å². The van der Waals surface area contributed by atoms with Crippen molar-refractivity contribution in [3.05, 3.63) is 0 Å². The Kier molecular flexibility index (Phi) is 15.9. The monoisotopic (exact) mass is 509 g/mol. The predicted octanol–water partition coefficient (Wildman–Crippen LogP) is 3.36. The van der Waals surface area contributed by atoms with Gasteiger partial charge in [-0.3, -0.25) is 14.7 Å². The third kappa shape index (κ3) is 11.4. The average Bonchev–Trinajstić information content (AvgIpc) is 2.64. The third-order valence-corrected chi connectivity index (χ3v) is 5.21. The van der Waals surface area contributed by atoms with Crippen molar-refractivity contribution in [2.45, 2.75) is 85.2 Å². The molecule has 1 aliphatic rings. The van der Waals surface area contributed by atoms with Gasteiger partial charge in [0.1, 0.15) is 0 Å². The number of amides is 1. The molecule has 0 aromatic rings. The molecule has 166 valence electrons. The number of rotatable bonds is 11. The number of hydrogen-bond acceptors (Lipinski definition) is 3. The summed E-state index contributed by atoms with van der Waals surface area (Å²) in [5.41, 5.74) is 0. The molecule has 1 rings (SSSR count). The molecule has 1 aliphatic carbocycles. The SMILES string of the molecule is CCNC(=NCCCN(C(C)C)C(C)C)NCCNC(=O)C1CCCCC1.I. The summed E-state index contributed by atoms with van der Waals surface area (Å²) in [5.74, 6) is 1.29. The molecule has 28 heavy (non-hydrogen) atoms. The van der Waals surface area contributed by atoms with Crippen LogP contribution in [0.4, 0.5) is 0 Å². The Bertz CT molecular complexity index is 429. The molecule has 1 saturated carbocycles. The summed E-state index contributed by atoms with van der Waals surface area (Å²) in [7, 11) is 0. The van der Waals surface area contributed by atoms with Crippen LogP contribution < -0.4 is 16.0 Å². The molecule has 0 aromatic heterocycles. The fourth-order valence-electron chi connectivity index (χ4n) is 3.77. The molecule has 0 heterocycles. The molecule has 6 nitrogen and oxygen atoms in total. The van der Waals surface area contributed by atoms with Crippen LogP contribution in [-0.2, 0) is 4.79 Å². The van der Waals surface area contributed by atoms with Gasteiger partial charge in [0.05, 0.1) is 0 Å². The van der Waals surface area contributed by atoms with E-state index in [1.165, 1.54) is 19.3 Å². The van der Waals surface area contributed by atoms with Crippen LogP contribution in [-0.4, -0.2) is 61.6 Å². The molecule has 0 aromatic carbocycles. The minimum Gasteiger partial charge on any atom is -0.357 e. The molecule has 1 fully saturated rings. The highest BCUT2D eigenvalue weighted by Crippen LogP contribution is 2.23. The highest BCUT2D eigenvalue weighted by Gasteiger charge is 2.20. The Labute approximate surface area is 190 Å². The predicted molar refractivity (Wildman–Crippen MR) is 131 cm³/mol. The Morgan fingerprint density at radius 1 is 1.00 bits per heavy atom. The standard InChI is InChI=1S/C21H43N5O.HI/c1-6-22-21(24-13-10-16-26(17(2)3)18(4)5)25-15-14-23-20(27)19-11-8-7-9-12-19;/h17-19H,6-16H2,1-5H3,(H,23,27)(H2,22,24,25);1H. The summed E-state index contributed by atoms with van der Waals surface area (Å²) in [6, 6.07) is 1.13. The van der Waals surface area contributed by atoms with Crippen LogP contribution >= 0.6 is 24.0 Å². The van der Waals surface area contributed by atoms with Gasteiger partial charge in [0.2, 0.25) is 5.91 Å². The number of halogens is 1. The van der Waals surface area contributed by atoms with E-state index in [2.05, 4.69) is 60.5 Å². The Morgan fingerprint density at radius 3 is 2.18 bits per heavy atom. The fraction of sp³-hybridized carbons (Fsp3) is 0.905. The van der Waals surface area contributed by atoms with E-state index in [0.717, 1.165) is 44.9 Å². The van der Waals surface area contributed by atoms with E-state index in [0.29, 0.717) is 25.2 Å². The summed E-state index contributed by atoms with van der Waals surface area (Å²) in [4.78, 5) is 19.3. The van der Waals surface area contributed by atoms with Crippen molar-refractivity contribution in [3.8, 4) is 0 Å². The summed E-state index contributed by atoms with van der Waals surface area (Å²) in [6.07, 6.45) is 6.81. The van der Waals surface area contributed by atoms with Gasteiger partial charge in [-0.25, -0.2) is 0 Å². The maximum absolute atomic E-state index is 12.2. The van der Waals surface area contributed by atoms with E-state index in [9.17, 15) is 4.79 Å². The molecular weight excluding hydrogens is 465 g/mol. The smallest absolute Gasteiger partial charge is 0.223 e. The Morgan fingerprint density at radius 2 is 1.61 bits per heavy atom. The molecule has 0 spiro atoms. The van der Waals surface area contributed by atoms with E-state index in [4.69, 9.17) is 0 Å². The van der Waals surface area contributed by atoms with Gasteiger partial charge in [-0.1, -0.05) is 19.3 Å². The van der Waals surface area contributed by atoms with Crippen LogP contribution in [0.5, 0.6) is 0 Å². The van der Waals surface area contributed by atoms with Gasteiger partial charge in [-0.05, 0) is 53.9 Å². The molecule has 0 atom stereocenters. The molecule has 0 unspecified atom stereocenters. The quantitative estimate of drug-likeness (QED) is 0.173. The second kappa shape index (κ2) is 16.3. The lowest BCUT2D eigenvalue weighted by atomic mass is 9.89. The highest BCUT2D eigenvalue weighted by molar-refractivity contribution is 14.0. The zero-order valence-electron chi connectivity index (χ0n) is 18.7. The first-order valence-electron chi connectivity index (χ1n) is 11.0. The summed E-state index contributed by atoms with van der Waals surface area (Å²) < 4.78 is 0. The van der Waals surface area contributed by atoms with Crippen LogP contribution in [0.25, 0.3) is 0 Å². The molecular formula is C21H44IN5O. The van der Waals surface area contributed by atoms with Gasteiger partial charge < -0.3 is 16.0 Å². The number of guanidine groups is 1. The van der Waals surface area contributed by atoms with Crippen LogP contribution in [0.1, 0.15) is 73.1 Å². The normalized spacial score (nSPS) is 15.6. The zero-order chi connectivity index (χ0) is 20.1. The summed E-state index contributed by atoms with van der Waals surface area (Å²) in [5, 5.41) is 9.67. The van der Waals surface area contributed by atoms with Crippen molar-refractivity contribution in [2.75, 3.05) is 32.7 Å². The summed E-state index contributed by atoms with van der Waals surface area (Å²) >= 11 is 0. The third-order valence-electron chi connectivity index (χ3n) is 5.21. The molecule has 7 heteroatoms. The second-order valence-corrected chi connectivity index (χ2v) is 8.09. The Balaban J connectivity index is 0.00000729. The maximum Gasteiger partial charge on any atom is 0.223 e. The molecule has 0 aliphatic heterocycles. The van der Waals surface area contributed by atoms with E-state index >= 15 is 0 Å². The van der Waals surface area contributed by atoms with Gasteiger partial charge in [0.25, 0.3) is 0 Å². The van der Waals surface area contributed by atoms with Crippen molar-refractivity contribution in [3.63, 3.8) is 0 Å². The van der Waals surface area contributed by atoms with Gasteiger partial charge in [0, 0.05) is 50.7 Å². The molecule has 0 radical (unpaired) electrons. The van der Waals surface area contributed by atoms with Crippen LogP contribution in [0, 0.1) is 5.92 Å². The van der Waals surface area contributed by atoms with Gasteiger partial charge in [-0.15, -0.1) is 24.0 Å². The zero-order valence-corrected chi connectivity index (χ0v) is 21.1. The first kappa shape index (κ1) is 27.4. The van der Waals surface area contributed by atoms with Crippen molar-refractivity contribution in [1.29, 1.82) is 0 Å². The molecule has 1 amide bonds. The van der Waals surface area contributed by atoms with Gasteiger partial charge in [-0.2, -0.15) is 0 Å². The lowest BCUT2D eigenvalue weighted by Gasteiger charge is -2.30. The number of carbonyl (C=O) groups is 1. The molecule has 0 bridgehead atoms. The number of aliphatic imine (C=N–C) groups is 1. The van der Waals surface area contributed by atoms with E-state index in [1.54, 1.807) is 0 Å². The first-order valence-corrected chi connectivity index (χ1v) is 11.0. The number of carbonyl (C=O) groups excluding carboxylic acids is 1. The van der Waals surface area contributed by atoms with Crippen molar-refractivity contribution < 1.29 is 4.79 Å². The minimum atomic E-state index is 0. The van der Waals surface area contributed by atoms with Gasteiger partial charge in [0.15, 0.2) is 5.96 Å². The number of nitrogens with zero attached hydrogens (tertiary/aromatic N) is 2. The average molecular weight is 510 g/mol. The topological polar surface area (TPSA) is 68.8 Å². The maximum atomic E-state index is 12.2. The summed E-state index contributed by atoms with van der Waals surface area (Å²) in [6.45, 7) is 15.1. The molecule has 0 saturated heterocycles. The van der Waals surface area contributed by atoms with Crippen molar-refractivity contribution in [1.82, 2.24) is 20.9 Å². The number of nitrogens with one attached hydrogen (secondary N) is 3. The van der Waals surface area contributed by atoms with Crippen LogP contribution in [0.2, 0.25) is 0 Å². The minimum absolute atomic E-state index is 0. The Hall–Kier alpha value is -0.570. The van der Waals surface area contributed by atoms with Crippen LogP contribution in [0.3, 0.4) is 0 Å². The highest BCUT2D eigenvalue weighted by atomic mass is 127. The van der Waals surface area contributed by atoms with Crippen molar-refractivity contribution >= 4 is 35.8 Å². The van der Waals surface area contributed by atoms with E-state index in [1.807, 2.05) is 0 Å². The van der Waals surface area contributed by atoms with Crippen molar-refractivity contribution in [2.24, 2.45) is 10.9 Å². The first-order chi connectivity index (χ1) is 13.0. The lowest BCUT2D eigenvalue weighted by Crippen LogP contribution is -2.43.